The van der Waals surface area contributed by atoms with Crippen molar-refractivity contribution >= 4 is 11.8 Å². The normalized spacial score (nSPS) is 22.1. The fourth-order valence-electron chi connectivity index (χ4n) is 2.92. The summed E-state index contributed by atoms with van der Waals surface area (Å²) < 4.78 is 5.62. The SMILES string of the molecule is CSc1ccc(-c2noc(C3(C(C)C)CCNC3)n2)cc1. The first kappa shape index (κ1) is 14.6. The van der Waals surface area contributed by atoms with Crippen molar-refractivity contribution in [3.05, 3.63) is 30.2 Å². The molecule has 21 heavy (non-hydrogen) atoms. The first-order chi connectivity index (χ1) is 10.2. The number of hydrogen-bond donors (Lipinski definition) is 1. The Labute approximate surface area is 129 Å². The lowest BCUT2D eigenvalue weighted by Crippen LogP contribution is -2.35. The maximum atomic E-state index is 5.62. The molecule has 1 fully saturated rings. The van der Waals surface area contributed by atoms with Gasteiger partial charge in [0.15, 0.2) is 0 Å². The standard InChI is InChI=1S/C16H21N3OS/c1-11(2)16(8-9-17-10-16)15-18-14(19-20-15)12-4-6-13(21-3)7-5-12/h4-7,11,17H,8-10H2,1-3H3. The van der Waals surface area contributed by atoms with E-state index in [9.17, 15) is 0 Å². The summed E-state index contributed by atoms with van der Waals surface area (Å²) in [7, 11) is 0. The van der Waals surface area contributed by atoms with Gasteiger partial charge < -0.3 is 9.84 Å². The van der Waals surface area contributed by atoms with Gasteiger partial charge in [0, 0.05) is 17.0 Å². The first-order valence-electron chi connectivity index (χ1n) is 7.35. The van der Waals surface area contributed by atoms with E-state index in [2.05, 4.69) is 59.8 Å². The summed E-state index contributed by atoms with van der Waals surface area (Å²) in [6, 6.07) is 8.28. The van der Waals surface area contributed by atoms with Gasteiger partial charge >= 0.3 is 0 Å². The second-order valence-corrected chi connectivity index (χ2v) is 6.77. The van der Waals surface area contributed by atoms with Crippen LogP contribution in [0, 0.1) is 5.92 Å². The molecule has 1 aliphatic heterocycles. The van der Waals surface area contributed by atoms with E-state index < -0.39 is 0 Å². The van der Waals surface area contributed by atoms with E-state index in [1.807, 2.05) is 0 Å². The molecule has 0 saturated carbocycles. The van der Waals surface area contributed by atoms with Gasteiger partial charge in [0.2, 0.25) is 11.7 Å². The van der Waals surface area contributed by atoms with Crippen molar-refractivity contribution in [2.75, 3.05) is 19.3 Å². The van der Waals surface area contributed by atoms with Crippen LogP contribution in [0.25, 0.3) is 11.4 Å². The van der Waals surface area contributed by atoms with Gasteiger partial charge in [-0.05, 0) is 49.4 Å². The highest BCUT2D eigenvalue weighted by atomic mass is 32.2. The number of hydrogen-bond acceptors (Lipinski definition) is 5. The zero-order valence-electron chi connectivity index (χ0n) is 12.7. The Morgan fingerprint density at radius 2 is 2.05 bits per heavy atom. The van der Waals surface area contributed by atoms with Crippen molar-refractivity contribution in [1.29, 1.82) is 0 Å². The van der Waals surface area contributed by atoms with Crippen LogP contribution < -0.4 is 5.32 Å². The third-order valence-corrected chi connectivity index (χ3v) is 5.24. The third kappa shape index (κ3) is 2.60. The molecule has 1 unspecified atom stereocenters. The van der Waals surface area contributed by atoms with Gasteiger partial charge in [-0.15, -0.1) is 11.8 Å². The summed E-state index contributed by atoms with van der Waals surface area (Å²) in [5, 5.41) is 7.62. The predicted molar refractivity (Wildman–Crippen MR) is 85.5 cm³/mol. The summed E-state index contributed by atoms with van der Waals surface area (Å²) in [5.41, 5.74) is 0.984. The maximum absolute atomic E-state index is 5.62. The number of benzene rings is 1. The molecule has 112 valence electrons. The Morgan fingerprint density at radius 3 is 2.62 bits per heavy atom. The molecule has 1 aliphatic rings. The molecular weight excluding hydrogens is 282 g/mol. The van der Waals surface area contributed by atoms with Gasteiger partial charge in [0.1, 0.15) is 0 Å². The van der Waals surface area contributed by atoms with Gasteiger partial charge in [-0.25, -0.2) is 0 Å². The monoisotopic (exact) mass is 303 g/mol. The minimum Gasteiger partial charge on any atom is -0.338 e. The van der Waals surface area contributed by atoms with Crippen LogP contribution in [0.2, 0.25) is 0 Å². The minimum absolute atomic E-state index is 0.0234. The number of nitrogens with zero attached hydrogens (tertiary/aromatic N) is 2. The van der Waals surface area contributed by atoms with Gasteiger partial charge in [-0.2, -0.15) is 4.98 Å². The molecule has 1 aromatic carbocycles. The topological polar surface area (TPSA) is 51.0 Å². The average molecular weight is 303 g/mol. The van der Waals surface area contributed by atoms with Crippen molar-refractivity contribution in [2.45, 2.75) is 30.6 Å². The Balaban J connectivity index is 1.91. The first-order valence-corrected chi connectivity index (χ1v) is 8.57. The Kier molecular flexibility index (Phi) is 4.04. The van der Waals surface area contributed by atoms with Crippen molar-refractivity contribution in [3.63, 3.8) is 0 Å². The minimum atomic E-state index is -0.0234. The highest BCUT2D eigenvalue weighted by molar-refractivity contribution is 7.98. The summed E-state index contributed by atoms with van der Waals surface area (Å²) in [4.78, 5) is 5.92. The molecule has 2 heterocycles. The second-order valence-electron chi connectivity index (χ2n) is 5.89. The molecule has 0 spiro atoms. The molecule has 0 bridgehead atoms. The molecule has 0 radical (unpaired) electrons. The molecule has 1 atom stereocenters. The lowest BCUT2D eigenvalue weighted by Gasteiger charge is -2.27. The summed E-state index contributed by atoms with van der Waals surface area (Å²) >= 11 is 1.73. The molecule has 4 nitrogen and oxygen atoms in total. The average Bonchev–Trinajstić information content (AvgIpc) is 3.17. The van der Waals surface area contributed by atoms with E-state index in [0.717, 1.165) is 31.0 Å². The summed E-state index contributed by atoms with van der Waals surface area (Å²) in [5.74, 6) is 1.93. The van der Waals surface area contributed by atoms with E-state index in [1.165, 1.54) is 4.90 Å². The van der Waals surface area contributed by atoms with Crippen LogP contribution in [0.3, 0.4) is 0 Å². The van der Waals surface area contributed by atoms with Crippen molar-refractivity contribution < 1.29 is 4.52 Å². The fourth-order valence-corrected chi connectivity index (χ4v) is 3.32. The molecule has 0 amide bonds. The van der Waals surface area contributed by atoms with E-state index >= 15 is 0 Å². The van der Waals surface area contributed by atoms with E-state index in [0.29, 0.717) is 11.7 Å². The Bertz CT molecular complexity index is 600. The maximum Gasteiger partial charge on any atom is 0.234 e. The number of rotatable bonds is 4. The van der Waals surface area contributed by atoms with Crippen LogP contribution in [0.15, 0.2) is 33.7 Å². The largest absolute Gasteiger partial charge is 0.338 e. The van der Waals surface area contributed by atoms with Crippen LogP contribution in [0.5, 0.6) is 0 Å². The van der Waals surface area contributed by atoms with Crippen LogP contribution in [-0.2, 0) is 5.41 Å². The van der Waals surface area contributed by atoms with E-state index in [4.69, 9.17) is 4.52 Å². The zero-order valence-corrected chi connectivity index (χ0v) is 13.5. The zero-order chi connectivity index (χ0) is 14.9. The van der Waals surface area contributed by atoms with Crippen molar-refractivity contribution in [3.8, 4) is 11.4 Å². The second kappa shape index (κ2) is 5.81. The van der Waals surface area contributed by atoms with Crippen molar-refractivity contribution in [2.24, 2.45) is 5.92 Å². The molecule has 2 aromatic rings. The Hall–Kier alpha value is -1.33. The van der Waals surface area contributed by atoms with Crippen LogP contribution in [0.4, 0.5) is 0 Å². The van der Waals surface area contributed by atoms with Gasteiger partial charge in [0.05, 0.1) is 5.41 Å². The summed E-state index contributed by atoms with van der Waals surface area (Å²) in [6.07, 6.45) is 3.12. The number of thioether (sulfide) groups is 1. The number of nitrogens with one attached hydrogen (secondary N) is 1. The molecule has 1 saturated heterocycles. The lowest BCUT2D eigenvalue weighted by molar-refractivity contribution is 0.234. The quantitative estimate of drug-likeness (QED) is 0.878. The van der Waals surface area contributed by atoms with Crippen LogP contribution in [-0.4, -0.2) is 29.5 Å². The van der Waals surface area contributed by atoms with E-state index in [-0.39, 0.29) is 5.41 Å². The van der Waals surface area contributed by atoms with Crippen molar-refractivity contribution in [1.82, 2.24) is 15.5 Å². The highest BCUT2D eigenvalue weighted by Crippen LogP contribution is 2.37. The molecule has 0 aliphatic carbocycles. The van der Waals surface area contributed by atoms with E-state index in [1.54, 1.807) is 11.8 Å². The third-order valence-electron chi connectivity index (χ3n) is 4.49. The van der Waals surface area contributed by atoms with Crippen LogP contribution >= 0.6 is 11.8 Å². The summed E-state index contributed by atoms with van der Waals surface area (Å²) in [6.45, 7) is 6.38. The smallest absolute Gasteiger partial charge is 0.234 e. The van der Waals surface area contributed by atoms with Crippen LogP contribution in [0.1, 0.15) is 26.2 Å². The molecule has 1 N–H and O–H groups in total. The van der Waals surface area contributed by atoms with Gasteiger partial charge in [-0.3, -0.25) is 0 Å². The number of aromatic nitrogens is 2. The molecule has 3 rings (SSSR count). The lowest BCUT2D eigenvalue weighted by atomic mass is 9.76. The van der Waals surface area contributed by atoms with Gasteiger partial charge in [-0.1, -0.05) is 19.0 Å². The molecular formula is C16H21N3OS. The molecule has 1 aromatic heterocycles. The fraction of sp³-hybridized carbons (Fsp3) is 0.500. The Morgan fingerprint density at radius 1 is 1.29 bits per heavy atom. The predicted octanol–water partition coefficient (Wildman–Crippen LogP) is 3.35. The molecule has 5 heteroatoms. The highest BCUT2D eigenvalue weighted by Gasteiger charge is 2.43. The van der Waals surface area contributed by atoms with Gasteiger partial charge in [0.25, 0.3) is 0 Å².